The molecule has 0 radical (unpaired) electrons. The van der Waals surface area contributed by atoms with Crippen molar-refractivity contribution < 1.29 is 9.90 Å². The lowest BCUT2D eigenvalue weighted by Crippen LogP contribution is -2.58. The van der Waals surface area contributed by atoms with Crippen LogP contribution in [-0.2, 0) is 4.79 Å². The van der Waals surface area contributed by atoms with Gasteiger partial charge in [0.1, 0.15) is 17.7 Å². The van der Waals surface area contributed by atoms with Crippen LogP contribution < -0.4 is 4.90 Å². The molecule has 0 bridgehead atoms. The molecule has 1 saturated heterocycles. The molecule has 0 aliphatic carbocycles. The van der Waals surface area contributed by atoms with Crippen LogP contribution in [0.3, 0.4) is 0 Å². The summed E-state index contributed by atoms with van der Waals surface area (Å²) >= 11 is 2.26. The number of fused-ring (bicyclic) bond motifs is 1. The molecule has 4 rings (SSSR count). The number of benzene rings is 1. The van der Waals surface area contributed by atoms with Crippen LogP contribution in [-0.4, -0.2) is 61.1 Å². The first-order valence-corrected chi connectivity index (χ1v) is 13.1. The van der Waals surface area contributed by atoms with E-state index in [1.54, 1.807) is 34.2 Å². The molecular weight excluding hydrogens is 513 g/mol. The van der Waals surface area contributed by atoms with Crippen LogP contribution in [0.1, 0.15) is 20.8 Å². The summed E-state index contributed by atoms with van der Waals surface area (Å²) in [5.74, 6) is 0.644. The second-order valence-electron chi connectivity index (χ2n) is 8.05. The lowest BCUT2D eigenvalue weighted by molar-refractivity contribution is -0.150. The number of halogens is 1. The number of hydrogen-bond donors (Lipinski definition) is 1. The lowest BCUT2D eigenvalue weighted by atomic mass is 10.0. The molecule has 7 nitrogen and oxygen atoms in total. The fourth-order valence-electron chi connectivity index (χ4n) is 3.95. The normalized spacial score (nSPS) is 17.6. The fourth-order valence-corrected chi connectivity index (χ4v) is 5.20. The van der Waals surface area contributed by atoms with Crippen LogP contribution in [0, 0.1) is 0 Å². The Morgan fingerprint density at radius 3 is 2.60 bits per heavy atom. The van der Waals surface area contributed by atoms with Gasteiger partial charge in [0.25, 0.3) is 5.91 Å². The van der Waals surface area contributed by atoms with Crippen molar-refractivity contribution in [3.8, 4) is 11.1 Å². The van der Waals surface area contributed by atoms with Gasteiger partial charge in [-0.3, -0.25) is 8.77 Å². The summed E-state index contributed by atoms with van der Waals surface area (Å²) < 4.78 is 2.06. The van der Waals surface area contributed by atoms with Crippen molar-refractivity contribution >= 4 is 53.1 Å². The molecule has 1 aliphatic heterocycles. The SMILES string of the molecule is CC1CN(c2ncnc3c2c(-c2ccccc2)cn3SI)CCN1C(=O)C(C)(C)O. The first-order valence-electron chi connectivity index (χ1n) is 9.80. The van der Waals surface area contributed by atoms with E-state index in [0.29, 0.717) is 19.6 Å². The van der Waals surface area contributed by atoms with E-state index in [1.165, 1.54) is 0 Å². The van der Waals surface area contributed by atoms with Gasteiger partial charge in [-0.2, -0.15) is 0 Å². The summed E-state index contributed by atoms with van der Waals surface area (Å²) in [6.07, 6.45) is 3.71. The number of piperazine rings is 1. The van der Waals surface area contributed by atoms with Crippen LogP contribution in [0.4, 0.5) is 5.82 Å². The second-order valence-corrected chi connectivity index (χ2v) is 9.77. The van der Waals surface area contributed by atoms with Gasteiger partial charge in [-0.05, 0) is 26.3 Å². The first kappa shape index (κ1) is 21.4. The Balaban J connectivity index is 1.74. The Hall–Kier alpha value is -1.85. The molecule has 1 fully saturated rings. The highest BCUT2D eigenvalue weighted by molar-refractivity contribution is 14.2. The van der Waals surface area contributed by atoms with Gasteiger partial charge < -0.3 is 14.9 Å². The third kappa shape index (κ3) is 3.90. The zero-order chi connectivity index (χ0) is 21.5. The predicted octanol–water partition coefficient (Wildman–Crippen LogP) is 3.75. The van der Waals surface area contributed by atoms with Crippen LogP contribution in [0.25, 0.3) is 22.2 Å². The maximum Gasteiger partial charge on any atom is 0.254 e. The Kier molecular flexibility index (Phi) is 5.95. The maximum absolute atomic E-state index is 12.6. The largest absolute Gasteiger partial charge is 0.381 e. The molecule has 3 aromatic rings. The van der Waals surface area contributed by atoms with E-state index in [1.807, 2.05) is 25.1 Å². The van der Waals surface area contributed by atoms with Gasteiger partial charge in [-0.1, -0.05) is 30.3 Å². The van der Waals surface area contributed by atoms with Crippen LogP contribution in [0.5, 0.6) is 0 Å². The number of hydrogen-bond acceptors (Lipinski definition) is 6. The fraction of sp³-hybridized carbons (Fsp3) is 0.381. The molecule has 158 valence electrons. The maximum atomic E-state index is 12.6. The quantitative estimate of drug-likeness (QED) is 0.512. The highest BCUT2D eigenvalue weighted by Gasteiger charge is 2.36. The highest BCUT2D eigenvalue weighted by Crippen LogP contribution is 2.38. The monoisotopic (exact) mass is 537 g/mol. The zero-order valence-corrected chi connectivity index (χ0v) is 20.1. The number of aromatic nitrogens is 3. The molecule has 1 N–H and O–H groups in total. The molecule has 1 unspecified atom stereocenters. The van der Waals surface area contributed by atoms with Gasteiger partial charge in [0, 0.05) is 67.8 Å². The number of aliphatic hydroxyl groups is 1. The van der Waals surface area contributed by atoms with Crippen molar-refractivity contribution in [3.63, 3.8) is 0 Å². The third-order valence-electron chi connectivity index (χ3n) is 5.40. The topological polar surface area (TPSA) is 74.5 Å². The van der Waals surface area contributed by atoms with E-state index in [2.05, 4.69) is 58.4 Å². The number of rotatable bonds is 4. The third-order valence-corrected chi connectivity index (χ3v) is 7.10. The Morgan fingerprint density at radius 2 is 1.97 bits per heavy atom. The molecule has 1 aliphatic rings. The molecule has 1 atom stereocenters. The molecule has 30 heavy (non-hydrogen) atoms. The van der Waals surface area contributed by atoms with E-state index < -0.39 is 5.60 Å². The second kappa shape index (κ2) is 8.35. The lowest BCUT2D eigenvalue weighted by Gasteiger charge is -2.42. The molecular formula is C21H24IN5O2S. The number of amides is 1. The van der Waals surface area contributed by atoms with E-state index in [9.17, 15) is 9.90 Å². The smallest absolute Gasteiger partial charge is 0.254 e. The molecule has 0 spiro atoms. The molecule has 9 heteroatoms. The Bertz CT molecular complexity index is 1070. The molecule has 1 amide bonds. The van der Waals surface area contributed by atoms with Crippen molar-refractivity contribution in [2.75, 3.05) is 24.5 Å². The molecule has 3 heterocycles. The van der Waals surface area contributed by atoms with Gasteiger partial charge in [-0.25, -0.2) is 9.97 Å². The van der Waals surface area contributed by atoms with Crippen molar-refractivity contribution in [3.05, 3.63) is 42.9 Å². The van der Waals surface area contributed by atoms with E-state index in [0.717, 1.165) is 28.0 Å². The summed E-state index contributed by atoms with van der Waals surface area (Å²) in [7, 11) is 1.57. The highest BCUT2D eigenvalue weighted by atomic mass is 127. The summed E-state index contributed by atoms with van der Waals surface area (Å²) in [5.41, 5.74) is 1.72. The summed E-state index contributed by atoms with van der Waals surface area (Å²) in [4.78, 5) is 25.8. The van der Waals surface area contributed by atoms with Gasteiger partial charge in [0.15, 0.2) is 5.65 Å². The van der Waals surface area contributed by atoms with E-state index >= 15 is 0 Å². The minimum Gasteiger partial charge on any atom is -0.381 e. The van der Waals surface area contributed by atoms with Crippen molar-refractivity contribution in [1.29, 1.82) is 0 Å². The van der Waals surface area contributed by atoms with Gasteiger partial charge in [0.2, 0.25) is 0 Å². The molecule has 0 saturated carbocycles. The van der Waals surface area contributed by atoms with Crippen molar-refractivity contribution in [2.24, 2.45) is 0 Å². The molecule has 1 aromatic carbocycles. The van der Waals surface area contributed by atoms with Gasteiger partial charge in [-0.15, -0.1) is 0 Å². The summed E-state index contributed by atoms with van der Waals surface area (Å²) in [5, 5.41) is 11.2. The minimum atomic E-state index is -1.37. The standard InChI is InChI=1S/C21H24IN5O2S/c1-14-11-25(9-10-26(14)20(28)21(2,3)29)18-17-16(15-7-5-4-6-8-15)12-27(30-22)19(17)24-13-23-18/h4-8,12-14,29H,9-11H2,1-3H3. The van der Waals surface area contributed by atoms with Gasteiger partial charge in [0.05, 0.1) is 5.39 Å². The number of carbonyl (C=O) groups excluding carboxylic acids is 1. The van der Waals surface area contributed by atoms with Crippen LogP contribution >= 0.6 is 30.3 Å². The van der Waals surface area contributed by atoms with Crippen molar-refractivity contribution in [2.45, 2.75) is 32.4 Å². The number of carbonyl (C=O) groups is 1. The Labute approximate surface area is 192 Å². The average molecular weight is 537 g/mol. The number of nitrogens with zero attached hydrogens (tertiary/aromatic N) is 5. The van der Waals surface area contributed by atoms with E-state index in [-0.39, 0.29) is 11.9 Å². The average Bonchev–Trinajstić information content (AvgIpc) is 3.12. The number of anilines is 1. The van der Waals surface area contributed by atoms with Crippen LogP contribution in [0.15, 0.2) is 42.9 Å². The zero-order valence-electron chi connectivity index (χ0n) is 17.1. The van der Waals surface area contributed by atoms with Crippen molar-refractivity contribution in [1.82, 2.24) is 18.8 Å². The van der Waals surface area contributed by atoms with Gasteiger partial charge >= 0.3 is 0 Å². The molecule has 2 aromatic heterocycles. The summed E-state index contributed by atoms with van der Waals surface area (Å²) in [6, 6.07) is 10.2. The first-order chi connectivity index (χ1) is 14.3. The Morgan fingerprint density at radius 1 is 1.23 bits per heavy atom. The predicted molar refractivity (Wildman–Crippen MR) is 130 cm³/mol. The van der Waals surface area contributed by atoms with Crippen LogP contribution in [0.2, 0.25) is 0 Å². The minimum absolute atomic E-state index is 0.0381. The van der Waals surface area contributed by atoms with E-state index in [4.69, 9.17) is 0 Å². The summed E-state index contributed by atoms with van der Waals surface area (Å²) in [6.45, 7) is 6.92.